The summed E-state index contributed by atoms with van der Waals surface area (Å²) in [6.45, 7) is 8.55. The molecule has 6 nitrogen and oxygen atoms in total. The van der Waals surface area contributed by atoms with Crippen LogP contribution in [0.5, 0.6) is 0 Å². The third kappa shape index (κ3) is 5.18. The molecule has 1 aromatic heterocycles. The molecular weight excluding hydrogens is 507 g/mol. The number of hydrogen-bond donors (Lipinski definition) is 2. The molecule has 2 aromatic rings. The van der Waals surface area contributed by atoms with Gasteiger partial charge in [0.15, 0.2) is 5.96 Å². The quantitative estimate of drug-likeness (QED) is 0.356. The molecule has 2 heterocycles. The van der Waals surface area contributed by atoms with Crippen molar-refractivity contribution in [3.05, 3.63) is 45.4 Å². The molecule has 142 valence electrons. The van der Waals surface area contributed by atoms with Crippen LogP contribution in [-0.4, -0.2) is 27.3 Å². The van der Waals surface area contributed by atoms with Gasteiger partial charge in [0.2, 0.25) is 0 Å². The van der Waals surface area contributed by atoms with E-state index in [9.17, 15) is 0 Å². The molecule has 1 atom stereocenters. The van der Waals surface area contributed by atoms with Crippen LogP contribution in [0.4, 0.5) is 0 Å². The van der Waals surface area contributed by atoms with Crippen molar-refractivity contribution >= 4 is 45.9 Å². The molecule has 0 radical (unpaired) electrons. The molecule has 1 unspecified atom stereocenters. The number of halogens is 2. The van der Waals surface area contributed by atoms with Gasteiger partial charge in [-0.2, -0.15) is 5.10 Å². The van der Waals surface area contributed by atoms with Crippen LogP contribution < -0.4 is 10.6 Å². The zero-order valence-electron chi connectivity index (χ0n) is 15.4. The molecule has 1 aliphatic heterocycles. The van der Waals surface area contributed by atoms with Crippen molar-refractivity contribution in [2.45, 2.75) is 52.7 Å². The summed E-state index contributed by atoms with van der Waals surface area (Å²) < 4.78 is 3.11. The summed E-state index contributed by atoms with van der Waals surface area (Å²) in [7, 11) is 0. The Morgan fingerprint density at radius 1 is 1.38 bits per heavy atom. The van der Waals surface area contributed by atoms with E-state index < -0.39 is 0 Å². The SMILES string of the molecule is CCNC(=NCc1ccc(Br)cc1C)NC1CCCn2nc(C)nc21.I. The zero-order chi connectivity index (χ0) is 17.8. The number of nitrogens with zero attached hydrogens (tertiary/aromatic N) is 4. The first kappa shape index (κ1) is 21.1. The van der Waals surface area contributed by atoms with Crippen LogP contribution in [0.15, 0.2) is 27.7 Å². The van der Waals surface area contributed by atoms with Crippen molar-refractivity contribution in [1.29, 1.82) is 0 Å². The number of aromatic nitrogens is 3. The molecule has 0 bridgehead atoms. The smallest absolute Gasteiger partial charge is 0.192 e. The monoisotopic (exact) mass is 532 g/mol. The molecule has 26 heavy (non-hydrogen) atoms. The Morgan fingerprint density at radius 2 is 2.19 bits per heavy atom. The molecule has 1 aromatic carbocycles. The lowest BCUT2D eigenvalue weighted by Gasteiger charge is -2.25. The van der Waals surface area contributed by atoms with Crippen LogP contribution in [0.2, 0.25) is 0 Å². The minimum Gasteiger partial charge on any atom is -0.357 e. The summed E-state index contributed by atoms with van der Waals surface area (Å²) >= 11 is 3.51. The number of aliphatic imine (C=N–C) groups is 1. The maximum atomic E-state index is 4.77. The molecule has 0 saturated carbocycles. The predicted molar refractivity (Wildman–Crippen MR) is 119 cm³/mol. The number of fused-ring (bicyclic) bond motifs is 1. The van der Waals surface area contributed by atoms with Gasteiger partial charge in [-0.05, 0) is 56.9 Å². The third-order valence-corrected chi connectivity index (χ3v) is 4.84. The minimum absolute atomic E-state index is 0. The highest BCUT2D eigenvalue weighted by Gasteiger charge is 2.24. The van der Waals surface area contributed by atoms with E-state index in [2.05, 4.69) is 68.7 Å². The largest absolute Gasteiger partial charge is 0.357 e. The van der Waals surface area contributed by atoms with Crippen molar-refractivity contribution in [1.82, 2.24) is 25.4 Å². The fourth-order valence-corrected chi connectivity index (χ4v) is 3.57. The Labute approximate surface area is 180 Å². The zero-order valence-corrected chi connectivity index (χ0v) is 19.3. The van der Waals surface area contributed by atoms with Gasteiger partial charge in [-0.25, -0.2) is 14.7 Å². The maximum absolute atomic E-state index is 4.77. The van der Waals surface area contributed by atoms with Gasteiger partial charge in [-0.1, -0.05) is 22.0 Å². The lowest BCUT2D eigenvalue weighted by atomic mass is 10.1. The van der Waals surface area contributed by atoms with E-state index in [0.717, 1.165) is 48.0 Å². The second-order valence-electron chi connectivity index (χ2n) is 6.35. The van der Waals surface area contributed by atoms with Gasteiger partial charge in [-0.15, -0.1) is 24.0 Å². The number of guanidine groups is 1. The molecule has 0 spiro atoms. The van der Waals surface area contributed by atoms with Crippen LogP contribution in [0.1, 0.15) is 48.6 Å². The normalized spacial score (nSPS) is 16.6. The first-order valence-corrected chi connectivity index (χ1v) is 9.57. The average molecular weight is 533 g/mol. The van der Waals surface area contributed by atoms with Crippen LogP contribution in [-0.2, 0) is 13.1 Å². The van der Waals surface area contributed by atoms with Gasteiger partial charge in [0.05, 0.1) is 12.6 Å². The second kappa shape index (κ2) is 9.68. The van der Waals surface area contributed by atoms with Crippen LogP contribution in [0.3, 0.4) is 0 Å². The Hall–Kier alpha value is -1.16. The number of hydrogen-bond acceptors (Lipinski definition) is 3. The summed E-state index contributed by atoms with van der Waals surface area (Å²) in [5, 5.41) is 11.3. The van der Waals surface area contributed by atoms with Gasteiger partial charge >= 0.3 is 0 Å². The summed E-state index contributed by atoms with van der Waals surface area (Å²) in [4.78, 5) is 9.36. The Kier molecular flexibility index (Phi) is 7.87. The highest BCUT2D eigenvalue weighted by Crippen LogP contribution is 2.23. The molecular formula is C18H26BrIN6. The first-order valence-electron chi connectivity index (χ1n) is 8.78. The van der Waals surface area contributed by atoms with Crippen LogP contribution >= 0.6 is 39.9 Å². The molecule has 1 aliphatic rings. The summed E-state index contributed by atoms with van der Waals surface area (Å²) in [5.41, 5.74) is 2.46. The van der Waals surface area contributed by atoms with E-state index in [1.165, 1.54) is 11.1 Å². The standard InChI is InChI=1S/C18H25BrN6.HI/c1-4-20-18(21-11-14-7-8-15(19)10-12(14)2)23-16-6-5-9-25-17(16)22-13(3)24-25;/h7-8,10,16H,4-6,9,11H2,1-3H3,(H2,20,21,23);1H. The van der Waals surface area contributed by atoms with Gasteiger partial charge in [0.1, 0.15) is 11.6 Å². The van der Waals surface area contributed by atoms with Crippen molar-refractivity contribution in [2.24, 2.45) is 4.99 Å². The second-order valence-corrected chi connectivity index (χ2v) is 7.26. The summed E-state index contributed by atoms with van der Waals surface area (Å²) in [6.07, 6.45) is 2.14. The fraction of sp³-hybridized carbons (Fsp3) is 0.500. The molecule has 8 heteroatoms. The van der Waals surface area contributed by atoms with Gasteiger partial charge in [-0.3, -0.25) is 0 Å². The van der Waals surface area contributed by atoms with E-state index in [1.54, 1.807) is 0 Å². The molecule has 0 amide bonds. The molecule has 0 saturated heterocycles. The highest BCUT2D eigenvalue weighted by molar-refractivity contribution is 14.0. The van der Waals surface area contributed by atoms with Crippen molar-refractivity contribution in [2.75, 3.05) is 6.54 Å². The number of aryl methyl sites for hydroxylation is 3. The van der Waals surface area contributed by atoms with E-state index in [0.29, 0.717) is 6.54 Å². The molecule has 3 rings (SSSR count). The van der Waals surface area contributed by atoms with Crippen molar-refractivity contribution in [3.63, 3.8) is 0 Å². The molecule has 0 aliphatic carbocycles. The van der Waals surface area contributed by atoms with Crippen LogP contribution in [0.25, 0.3) is 0 Å². The van der Waals surface area contributed by atoms with Crippen molar-refractivity contribution < 1.29 is 0 Å². The lowest BCUT2D eigenvalue weighted by Crippen LogP contribution is -2.41. The van der Waals surface area contributed by atoms with Gasteiger partial charge in [0.25, 0.3) is 0 Å². The van der Waals surface area contributed by atoms with Gasteiger partial charge in [0, 0.05) is 17.6 Å². The topological polar surface area (TPSA) is 67.1 Å². The van der Waals surface area contributed by atoms with Crippen LogP contribution in [0, 0.1) is 13.8 Å². The van der Waals surface area contributed by atoms with E-state index >= 15 is 0 Å². The summed E-state index contributed by atoms with van der Waals surface area (Å²) in [6, 6.07) is 6.45. The summed E-state index contributed by atoms with van der Waals surface area (Å²) in [5.74, 6) is 2.66. The van der Waals surface area contributed by atoms with E-state index in [4.69, 9.17) is 4.99 Å². The highest BCUT2D eigenvalue weighted by atomic mass is 127. The molecule has 2 N–H and O–H groups in total. The van der Waals surface area contributed by atoms with Gasteiger partial charge < -0.3 is 10.6 Å². The number of rotatable bonds is 4. The average Bonchev–Trinajstić information content (AvgIpc) is 2.95. The predicted octanol–water partition coefficient (Wildman–Crippen LogP) is 3.87. The first-order chi connectivity index (χ1) is 12.1. The van der Waals surface area contributed by atoms with E-state index in [-0.39, 0.29) is 30.0 Å². The van der Waals surface area contributed by atoms with Crippen molar-refractivity contribution in [3.8, 4) is 0 Å². The Balaban J connectivity index is 0.00000243. The Morgan fingerprint density at radius 3 is 2.92 bits per heavy atom. The number of benzene rings is 1. The minimum atomic E-state index is 0. The number of nitrogens with one attached hydrogen (secondary N) is 2. The fourth-order valence-electron chi connectivity index (χ4n) is 3.09. The maximum Gasteiger partial charge on any atom is 0.192 e. The van der Waals surface area contributed by atoms with E-state index in [1.807, 2.05) is 11.6 Å². The molecule has 0 fully saturated rings. The Bertz CT molecular complexity index is 773. The third-order valence-electron chi connectivity index (χ3n) is 4.35. The lowest BCUT2D eigenvalue weighted by molar-refractivity contribution is 0.397.